The maximum absolute atomic E-state index is 14.4. The summed E-state index contributed by atoms with van der Waals surface area (Å²) in [5.41, 5.74) is 37.4. The number of ether oxygens (including phenoxy) is 1. The van der Waals surface area contributed by atoms with E-state index in [0.29, 0.717) is 56.4 Å². The molecule has 1 aromatic carbocycles. The molecule has 2 saturated heterocycles. The summed E-state index contributed by atoms with van der Waals surface area (Å²) in [4.78, 5) is 126. The number of phosphoric acid groups is 1. The third-order valence-corrected chi connectivity index (χ3v) is 21.7. The predicted octanol–water partition coefficient (Wildman–Crippen LogP) is 3.16. The van der Waals surface area contributed by atoms with Gasteiger partial charge >= 0.3 is 7.82 Å². The number of phosphoric ester groups is 1. The summed E-state index contributed by atoms with van der Waals surface area (Å²) in [6.45, 7) is 19.3. The van der Waals surface area contributed by atoms with E-state index in [1.165, 1.54) is 13.3 Å². The number of primary amides is 6. The molecule has 8 bridgehead atoms. The average molecular weight is 1270 g/mol. The fourth-order valence-corrected chi connectivity index (χ4v) is 16.6. The van der Waals surface area contributed by atoms with Gasteiger partial charge in [0.1, 0.15) is 18.3 Å². The van der Waals surface area contributed by atoms with E-state index in [2.05, 4.69) is 15.6 Å². The number of nitrogens with one attached hydrogen (secondary N) is 2. The molecule has 8 rings (SSSR count). The van der Waals surface area contributed by atoms with Crippen molar-refractivity contribution < 1.29 is 67.0 Å². The summed E-state index contributed by atoms with van der Waals surface area (Å²) >= 11 is 0. The van der Waals surface area contributed by atoms with E-state index < -0.39 is 143 Å². The van der Waals surface area contributed by atoms with Crippen LogP contribution in [0.3, 0.4) is 0 Å². The van der Waals surface area contributed by atoms with Crippen molar-refractivity contribution in [2.45, 2.75) is 189 Å². The van der Waals surface area contributed by atoms with Gasteiger partial charge in [0, 0.05) is 131 Å². The van der Waals surface area contributed by atoms with Crippen molar-refractivity contribution in [3.8, 4) is 0 Å². The first kappa shape index (κ1) is 68.9. The molecule has 0 spiro atoms. The Morgan fingerprint density at radius 2 is 1.40 bits per heavy atom. The largest absolute Gasteiger partial charge is 0.472 e. The van der Waals surface area contributed by atoms with Crippen molar-refractivity contribution in [3.05, 3.63) is 63.9 Å². The molecule has 0 aliphatic carbocycles. The van der Waals surface area contributed by atoms with Crippen LogP contribution in [0.15, 0.2) is 67.8 Å². The number of carbonyl (C=O) groups excluding carboxylic acids is 7. The Morgan fingerprint density at radius 1 is 0.800 bits per heavy atom. The molecule has 15 atom stereocenters. The molecule has 1 unspecified atom stereocenters. The van der Waals surface area contributed by atoms with Crippen LogP contribution in [0.4, 0.5) is 0 Å². The third-order valence-electron chi connectivity index (χ3n) is 20.6. The molecule has 7 amide bonds. The van der Waals surface area contributed by atoms with Crippen LogP contribution >= 0.6 is 7.82 Å². The average Bonchev–Trinajstić information content (AvgIpc) is 1.53. The molecule has 0 radical (unpaired) electrons. The van der Waals surface area contributed by atoms with E-state index in [1.54, 1.807) is 4.57 Å². The van der Waals surface area contributed by atoms with Gasteiger partial charge in [-0.3, -0.25) is 57.6 Å². The number of rotatable bonds is 26. The summed E-state index contributed by atoms with van der Waals surface area (Å²) in [5, 5.41) is 28.2. The van der Waals surface area contributed by atoms with E-state index in [4.69, 9.17) is 63.2 Å². The second-order valence-corrected chi connectivity index (χ2v) is 28.4. The number of hydrogen-bond acceptors (Lipinski definition) is 18. The zero-order valence-electron chi connectivity index (χ0n) is 53.3. The van der Waals surface area contributed by atoms with Gasteiger partial charge < -0.3 is 69.4 Å². The van der Waals surface area contributed by atoms with E-state index in [-0.39, 0.29) is 77.2 Å². The quantitative estimate of drug-likeness (QED) is 0.0603. The minimum absolute atomic E-state index is 0.0114. The number of nitrogens with zero attached hydrogens (tertiary/aromatic N) is 5. The van der Waals surface area contributed by atoms with Gasteiger partial charge in [-0.1, -0.05) is 34.6 Å². The highest BCUT2D eigenvalue weighted by molar-refractivity contribution is 7.47. The minimum Gasteiger partial charge on any atom is -0.394 e. The predicted molar refractivity (Wildman–Crippen MR) is 334 cm³/mol. The van der Waals surface area contributed by atoms with Crippen LogP contribution in [-0.2, 0) is 51.9 Å². The summed E-state index contributed by atoms with van der Waals surface area (Å²) < 4.78 is 32.3. The third kappa shape index (κ3) is 13.0. The molecule has 28 heteroatoms. The fourth-order valence-electron chi connectivity index (χ4n) is 15.4. The van der Waals surface area contributed by atoms with Gasteiger partial charge in [-0.2, -0.15) is 0 Å². The van der Waals surface area contributed by atoms with Crippen molar-refractivity contribution in [1.29, 1.82) is 0 Å². The maximum Gasteiger partial charge on any atom is 0.472 e. The molecule has 27 nitrogen and oxygen atoms in total. The first-order valence-corrected chi connectivity index (χ1v) is 32.1. The Bertz CT molecular complexity index is 3540. The van der Waals surface area contributed by atoms with Crippen molar-refractivity contribution in [2.75, 3.05) is 13.2 Å². The SMILES string of the molecule is CC1=C2N/C(=C\C3=NC(=C(/C)C4=N[C@@H]([C@@H](CC(N)=O)[C@]4(C)CCC(=O)NC[C@H](C)OP(=O)(O)O[C@@H]4[C@H](O)[C@H](n5cnc6cc(C)c(C)cc65)O[C@@H]4CO)[C@]4(C)N=C1[C@H](CCC(N)=O)[C@@]4(C)CC(N)=O)/[C@@H](CCC(N)=O)C3(C)C)[C@@H](CCC(N)=O)[C@]2(C)CC(N)=O. The Kier molecular flexibility index (Phi) is 19.6. The number of imidazole rings is 1. The van der Waals surface area contributed by atoms with Gasteiger partial charge in [0.2, 0.25) is 41.4 Å². The lowest BCUT2D eigenvalue weighted by atomic mass is 9.55. The number of aryl methyl sites for hydroxylation is 2. The molecule has 6 aliphatic rings. The normalized spacial score (nSPS) is 33.4. The van der Waals surface area contributed by atoms with Gasteiger partial charge in [0.15, 0.2) is 6.23 Å². The van der Waals surface area contributed by atoms with Gasteiger partial charge in [0.25, 0.3) is 0 Å². The number of aromatic nitrogens is 2. The molecule has 2 fully saturated rings. The van der Waals surface area contributed by atoms with Crippen LogP contribution in [0.25, 0.3) is 11.0 Å². The lowest BCUT2D eigenvalue weighted by Gasteiger charge is -2.48. The molecular formula is C62H90N13O14P. The summed E-state index contributed by atoms with van der Waals surface area (Å²) in [5.74, 6) is -7.18. The minimum atomic E-state index is -5.07. The van der Waals surface area contributed by atoms with Crippen molar-refractivity contribution >= 4 is 77.3 Å². The highest BCUT2D eigenvalue weighted by atomic mass is 31.2. The van der Waals surface area contributed by atoms with Crippen LogP contribution in [0.5, 0.6) is 0 Å². The number of fused-ring (bicyclic) bond motifs is 7. The highest BCUT2D eigenvalue weighted by Gasteiger charge is 2.66. The molecule has 2 aromatic rings. The zero-order valence-corrected chi connectivity index (χ0v) is 54.1. The van der Waals surface area contributed by atoms with Crippen LogP contribution in [0.2, 0.25) is 0 Å². The number of aliphatic hydroxyl groups is 2. The van der Waals surface area contributed by atoms with Gasteiger partial charge in [-0.15, -0.1) is 0 Å². The van der Waals surface area contributed by atoms with E-state index in [0.717, 1.165) is 11.1 Å². The van der Waals surface area contributed by atoms with E-state index in [1.807, 2.05) is 87.4 Å². The number of amides is 7. The maximum atomic E-state index is 14.4. The topological polar surface area (TPSA) is 460 Å². The van der Waals surface area contributed by atoms with Crippen LogP contribution < -0.4 is 45.0 Å². The number of aliphatic hydroxyl groups excluding tert-OH is 2. The summed E-state index contributed by atoms with van der Waals surface area (Å²) in [6.07, 6.45) is -4.26. The molecule has 17 N–H and O–H groups in total. The first-order chi connectivity index (χ1) is 41.8. The number of aliphatic imine (C=N–C) groups is 3. The monoisotopic (exact) mass is 1270 g/mol. The summed E-state index contributed by atoms with van der Waals surface area (Å²) in [6, 6.07) is 2.70. The van der Waals surface area contributed by atoms with Crippen LogP contribution in [0.1, 0.15) is 150 Å². The van der Waals surface area contributed by atoms with E-state index in [9.17, 15) is 53.2 Å². The van der Waals surface area contributed by atoms with Crippen molar-refractivity contribution in [2.24, 2.45) is 94.7 Å². The van der Waals surface area contributed by atoms with Crippen LogP contribution in [-0.4, -0.2) is 132 Å². The van der Waals surface area contributed by atoms with Gasteiger partial charge in [0.05, 0.1) is 41.7 Å². The highest BCUT2D eigenvalue weighted by Crippen LogP contribution is 2.63. The smallest absolute Gasteiger partial charge is 0.394 e. The molecule has 0 saturated carbocycles. The van der Waals surface area contributed by atoms with Crippen molar-refractivity contribution in [1.82, 2.24) is 20.2 Å². The van der Waals surface area contributed by atoms with Crippen molar-refractivity contribution in [3.63, 3.8) is 0 Å². The Hall–Kier alpha value is -7.00. The number of benzene rings is 1. The Morgan fingerprint density at radius 3 is 1.99 bits per heavy atom. The van der Waals surface area contributed by atoms with E-state index >= 15 is 0 Å². The summed E-state index contributed by atoms with van der Waals surface area (Å²) in [7, 11) is -5.07. The molecule has 6 aliphatic heterocycles. The zero-order chi connectivity index (χ0) is 66.7. The fraction of sp³-hybridized carbons (Fsp3) is 0.629. The van der Waals surface area contributed by atoms with Gasteiger partial charge in [-0.25, -0.2) is 9.55 Å². The number of nitrogens with two attached hydrogens (primary N) is 6. The Labute approximate surface area is 523 Å². The lowest BCUT2D eigenvalue weighted by molar-refractivity contribution is -0.124. The molecule has 90 heavy (non-hydrogen) atoms. The van der Waals surface area contributed by atoms with Gasteiger partial charge in [-0.05, 0) is 108 Å². The molecule has 7 heterocycles. The molecular weight excluding hydrogens is 1180 g/mol. The lowest BCUT2D eigenvalue weighted by Crippen LogP contribution is -2.56. The second kappa shape index (κ2) is 25.6. The van der Waals surface area contributed by atoms with Crippen LogP contribution in [0, 0.1) is 59.2 Å². The number of hydrogen-bond donors (Lipinski definition) is 11. The molecule has 1 aromatic heterocycles. The standard InChI is InChI=1S/C62H90N13O14P/c1-29-20-39-40(21-30(29)2)75(28-70-39)57-52(84)53(41(27-76)87-57)89-90(85,86)88-31(3)26-69-49(83)18-19-59(8)37(22-46(66)80)56-62(11)61(10,25-48(68)82)36(14-17-45(65)79)51(74-62)33(5)55-60(9,24-47(67)81)34(12-15-43(63)77)38(71-55)23-42-58(6,7)35(13-16-44(64)78)50(72-42)32(4)54(59)73-56/h20-21,23,28,31,34-37,41,52-53,56-57,71,76,84H,12-19,22,24-27H2,1-11H3,(H2,63,77)(H2,64,78)(H2,65,79)(H2,66,80)(H2,67,81)(H2,68,82)(H,69,83)(H,85,86)/b38-23-,50-32-,55-33?/t31-,34+,35+,36-,37+,41+,52-,53-,56-,57+,59-,60-,61+,62-/m0/s1. The number of carbonyl (C=O) groups is 7. The molecule has 492 valence electrons. The first-order valence-electron chi connectivity index (χ1n) is 30.6. The number of allylic oxidation sites excluding steroid dienone is 6. The Balaban J connectivity index is 1.19. The second-order valence-electron chi connectivity index (χ2n) is 27.1.